The molecule has 2 N–H and O–H groups in total. The lowest BCUT2D eigenvalue weighted by Gasteiger charge is -2.15. The van der Waals surface area contributed by atoms with Crippen molar-refractivity contribution in [3.05, 3.63) is 35.6 Å². The van der Waals surface area contributed by atoms with Crippen molar-refractivity contribution in [2.45, 2.75) is 32.2 Å². The summed E-state index contributed by atoms with van der Waals surface area (Å²) in [5, 5.41) is 5.87. The Kier molecular flexibility index (Phi) is 8.35. The zero-order valence-corrected chi connectivity index (χ0v) is 12.4. The Bertz CT molecular complexity index is 401. The third-order valence-corrected chi connectivity index (χ3v) is 3.03. The first-order valence-electron chi connectivity index (χ1n) is 6.23. The summed E-state index contributed by atoms with van der Waals surface area (Å²) in [6.45, 7) is 4.43. The van der Waals surface area contributed by atoms with E-state index >= 15 is 0 Å². The van der Waals surface area contributed by atoms with Gasteiger partial charge in [0.2, 0.25) is 5.91 Å². The third-order valence-electron chi connectivity index (χ3n) is 3.03. The summed E-state index contributed by atoms with van der Waals surface area (Å²) in [6, 6.07) is 6.82. The molecule has 2 atom stereocenters. The van der Waals surface area contributed by atoms with E-state index in [2.05, 4.69) is 10.6 Å². The van der Waals surface area contributed by atoms with E-state index in [0.717, 1.165) is 0 Å². The maximum absolute atomic E-state index is 13.5. The number of carbonyl (C=O) groups is 1. The fourth-order valence-electron chi connectivity index (χ4n) is 1.70. The van der Waals surface area contributed by atoms with Gasteiger partial charge in [0.25, 0.3) is 0 Å². The van der Waals surface area contributed by atoms with E-state index in [4.69, 9.17) is 0 Å². The van der Waals surface area contributed by atoms with Crippen molar-refractivity contribution >= 4 is 18.3 Å². The largest absolute Gasteiger partial charge is 0.355 e. The molecule has 0 spiro atoms. The van der Waals surface area contributed by atoms with E-state index in [1.807, 2.05) is 20.9 Å². The van der Waals surface area contributed by atoms with Gasteiger partial charge >= 0.3 is 0 Å². The first kappa shape index (κ1) is 17.9. The number of hydrogen-bond donors (Lipinski definition) is 2. The first-order valence-corrected chi connectivity index (χ1v) is 6.23. The molecule has 0 saturated heterocycles. The van der Waals surface area contributed by atoms with Crippen molar-refractivity contribution < 1.29 is 9.18 Å². The van der Waals surface area contributed by atoms with E-state index in [1.165, 1.54) is 6.07 Å². The second-order valence-corrected chi connectivity index (χ2v) is 4.62. The highest BCUT2D eigenvalue weighted by Crippen LogP contribution is 2.21. The van der Waals surface area contributed by atoms with E-state index in [1.54, 1.807) is 18.2 Å². The number of likely N-dealkylation sites (N-methyl/N-ethyl adjacent to an activating group) is 1. The van der Waals surface area contributed by atoms with Crippen molar-refractivity contribution in [1.82, 2.24) is 10.6 Å². The summed E-state index contributed by atoms with van der Waals surface area (Å²) < 4.78 is 13.5. The Morgan fingerprint density at radius 2 is 1.95 bits per heavy atom. The molecule has 3 nitrogen and oxygen atoms in total. The highest BCUT2D eigenvalue weighted by molar-refractivity contribution is 5.85. The average molecular weight is 289 g/mol. The number of amides is 1. The van der Waals surface area contributed by atoms with Crippen molar-refractivity contribution in [3.63, 3.8) is 0 Å². The van der Waals surface area contributed by atoms with Gasteiger partial charge in [0, 0.05) is 19.0 Å². The molecule has 19 heavy (non-hydrogen) atoms. The molecule has 0 radical (unpaired) electrons. The molecular weight excluding hydrogens is 267 g/mol. The van der Waals surface area contributed by atoms with Crippen LogP contribution in [0.15, 0.2) is 24.3 Å². The minimum atomic E-state index is -0.249. The lowest BCUT2D eigenvalue weighted by atomic mass is 9.97. The number of rotatable bonds is 6. The molecule has 1 rings (SSSR count). The van der Waals surface area contributed by atoms with Gasteiger partial charge < -0.3 is 10.6 Å². The molecular formula is C14H22ClFN2O. The second kappa shape index (κ2) is 8.88. The minimum Gasteiger partial charge on any atom is -0.355 e. The Balaban J connectivity index is 0.00000324. The molecule has 0 saturated carbocycles. The molecule has 1 aromatic carbocycles. The number of nitrogens with one attached hydrogen (secondary N) is 2. The van der Waals surface area contributed by atoms with Gasteiger partial charge in [-0.05, 0) is 31.5 Å². The Morgan fingerprint density at radius 1 is 1.32 bits per heavy atom. The molecule has 0 aliphatic carbocycles. The van der Waals surface area contributed by atoms with E-state index in [0.29, 0.717) is 18.5 Å². The fraction of sp³-hybridized carbons (Fsp3) is 0.500. The highest BCUT2D eigenvalue weighted by atomic mass is 35.5. The van der Waals surface area contributed by atoms with Crippen LogP contribution >= 0.6 is 12.4 Å². The van der Waals surface area contributed by atoms with Crippen molar-refractivity contribution in [2.24, 2.45) is 0 Å². The van der Waals surface area contributed by atoms with Gasteiger partial charge in [0.1, 0.15) is 5.82 Å². The van der Waals surface area contributed by atoms with E-state index in [-0.39, 0.29) is 36.1 Å². The van der Waals surface area contributed by atoms with Crippen LogP contribution < -0.4 is 10.6 Å². The molecule has 1 aromatic rings. The normalized spacial score (nSPS) is 13.3. The Labute approximate surface area is 120 Å². The topological polar surface area (TPSA) is 41.1 Å². The van der Waals surface area contributed by atoms with Gasteiger partial charge in [-0.1, -0.05) is 25.1 Å². The molecule has 1 amide bonds. The lowest BCUT2D eigenvalue weighted by molar-refractivity contribution is -0.121. The predicted molar refractivity (Wildman–Crippen MR) is 78.2 cm³/mol. The summed E-state index contributed by atoms with van der Waals surface area (Å²) in [6.07, 6.45) is 0.303. The molecule has 0 fully saturated rings. The van der Waals surface area contributed by atoms with Gasteiger partial charge in [-0.15, -0.1) is 12.4 Å². The van der Waals surface area contributed by atoms with Crippen LogP contribution in [0.1, 0.15) is 31.7 Å². The molecule has 108 valence electrons. The van der Waals surface area contributed by atoms with Crippen LogP contribution in [-0.2, 0) is 4.79 Å². The molecule has 0 aliphatic rings. The van der Waals surface area contributed by atoms with Gasteiger partial charge in [0.05, 0.1) is 0 Å². The molecule has 0 aromatic heterocycles. The molecule has 0 bridgehead atoms. The van der Waals surface area contributed by atoms with Crippen LogP contribution in [0.25, 0.3) is 0 Å². The second-order valence-electron chi connectivity index (χ2n) is 4.62. The minimum absolute atomic E-state index is 0. The number of halogens is 2. The fourth-order valence-corrected chi connectivity index (χ4v) is 1.70. The lowest BCUT2D eigenvalue weighted by Crippen LogP contribution is -2.37. The zero-order valence-electron chi connectivity index (χ0n) is 11.6. The van der Waals surface area contributed by atoms with Crippen LogP contribution in [-0.4, -0.2) is 25.5 Å². The average Bonchev–Trinajstić information content (AvgIpc) is 2.36. The smallest absolute Gasteiger partial charge is 0.220 e. The van der Waals surface area contributed by atoms with Gasteiger partial charge in [-0.2, -0.15) is 0 Å². The number of benzene rings is 1. The summed E-state index contributed by atoms with van der Waals surface area (Å²) in [4.78, 5) is 11.7. The zero-order chi connectivity index (χ0) is 13.5. The van der Waals surface area contributed by atoms with Crippen molar-refractivity contribution in [1.29, 1.82) is 0 Å². The summed E-state index contributed by atoms with van der Waals surface area (Å²) in [5.74, 6) is -0.412. The van der Waals surface area contributed by atoms with Crippen LogP contribution in [0.5, 0.6) is 0 Å². The maximum Gasteiger partial charge on any atom is 0.220 e. The van der Waals surface area contributed by atoms with Crippen molar-refractivity contribution in [3.8, 4) is 0 Å². The van der Waals surface area contributed by atoms with Gasteiger partial charge in [0.15, 0.2) is 0 Å². The Hall–Kier alpha value is -1.13. The van der Waals surface area contributed by atoms with Gasteiger partial charge in [-0.3, -0.25) is 4.79 Å². The summed E-state index contributed by atoms with van der Waals surface area (Å²) in [5.41, 5.74) is 0.592. The van der Waals surface area contributed by atoms with E-state index < -0.39 is 0 Å². The maximum atomic E-state index is 13.5. The van der Waals surface area contributed by atoms with Crippen LogP contribution in [0.3, 0.4) is 0 Å². The Morgan fingerprint density at radius 3 is 2.53 bits per heavy atom. The monoisotopic (exact) mass is 288 g/mol. The predicted octanol–water partition coefficient (Wildman–Crippen LogP) is 2.47. The van der Waals surface area contributed by atoms with Crippen LogP contribution in [0, 0.1) is 5.82 Å². The SMILES string of the molecule is CNC(C)CNC(=O)CC(C)c1ccccc1F.Cl. The molecule has 2 unspecified atom stereocenters. The molecule has 0 aliphatic heterocycles. The number of hydrogen-bond acceptors (Lipinski definition) is 2. The van der Waals surface area contributed by atoms with Crippen LogP contribution in [0.2, 0.25) is 0 Å². The highest BCUT2D eigenvalue weighted by Gasteiger charge is 2.14. The van der Waals surface area contributed by atoms with Crippen LogP contribution in [0.4, 0.5) is 4.39 Å². The van der Waals surface area contributed by atoms with Crippen molar-refractivity contribution in [2.75, 3.05) is 13.6 Å². The van der Waals surface area contributed by atoms with Gasteiger partial charge in [-0.25, -0.2) is 4.39 Å². The summed E-state index contributed by atoms with van der Waals surface area (Å²) >= 11 is 0. The quantitative estimate of drug-likeness (QED) is 0.844. The third kappa shape index (κ3) is 6.03. The standard InChI is InChI=1S/C14H21FN2O.ClH/c1-10(12-6-4-5-7-13(12)15)8-14(18)17-9-11(2)16-3;/h4-7,10-11,16H,8-9H2,1-3H3,(H,17,18);1H. The number of carbonyl (C=O) groups excluding carboxylic acids is 1. The molecule has 5 heteroatoms. The molecule has 0 heterocycles. The first-order chi connectivity index (χ1) is 8.54. The van der Waals surface area contributed by atoms with E-state index in [9.17, 15) is 9.18 Å². The summed E-state index contributed by atoms with van der Waals surface area (Å²) in [7, 11) is 1.85.